The van der Waals surface area contributed by atoms with Crippen LogP contribution in [0, 0.1) is 6.92 Å². The van der Waals surface area contributed by atoms with Crippen LogP contribution in [0.1, 0.15) is 28.9 Å². The fourth-order valence-electron chi connectivity index (χ4n) is 1.87. The number of hydrogen-bond acceptors (Lipinski definition) is 2. The van der Waals surface area contributed by atoms with E-state index in [0.717, 1.165) is 16.7 Å². The fraction of sp³-hybridized carbons (Fsp3) is 0.200. The third-order valence-electron chi connectivity index (χ3n) is 2.82. The third kappa shape index (κ3) is 2.73. The summed E-state index contributed by atoms with van der Waals surface area (Å²) < 4.78 is 0. The molecular weight excluding hydrogens is 212 g/mol. The van der Waals surface area contributed by atoms with Crippen molar-refractivity contribution in [2.75, 3.05) is 0 Å². The van der Waals surface area contributed by atoms with Crippen LogP contribution in [0.2, 0.25) is 0 Å². The van der Waals surface area contributed by atoms with Gasteiger partial charge in [-0.3, -0.25) is 0 Å². The van der Waals surface area contributed by atoms with E-state index in [4.69, 9.17) is 0 Å². The normalized spacial score (nSPS) is 14.3. The monoisotopic (exact) mass is 228 g/mol. The summed E-state index contributed by atoms with van der Waals surface area (Å²) in [7, 11) is 0. The molecule has 2 unspecified atom stereocenters. The van der Waals surface area contributed by atoms with Gasteiger partial charge in [0, 0.05) is 0 Å². The second kappa shape index (κ2) is 5.13. The summed E-state index contributed by atoms with van der Waals surface area (Å²) in [6.45, 7) is 1.96. The molecule has 0 amide bonds. The molecule has 0 aliphatic carbocycles. The lowest BCUT2D eigenvalue weighted by atomic mass is 9.97. The number of rotatable bonds is 3. The van der Waals surface area contributed by atoms with E-state index in [0.29, 0.717) is 0 Å². The van der Waals surface area contributed by atoms with Gasteiger partial charge >= 0.3 is 0 Å². The largest absolute Gasteiger partial charge is 0.385 e. The number of benzene rings is 2. The molecule has 2 aromatic carbocycles. The number of aliphatic hydroxyl groups is 2. The first-order chi connectivity index (χ1) is 8.18. The van der Waals surface area contributed by atoms with Crippen LogP contribution in [0.5, 0.6) is 0 Å². The molecule has 2 N–H and O–H groups in total. The van der Waals surface area contributed by atoms with Crippen LogP contribution in [0.4, 0.5) is 0 Å². The van der Waals surface area contributed by atoms with Crippen LogP contribution in [-0.4, -0.2) is 10.2 Å². The molecule has 0 aliphatic rings. The van der Waals surface area contributed by atoms with Crippen molar-refractivity contribution in [3.63, 3.8) is 0 Å². The second-order valence-corrected chi connectivity index (χ2v) is 4.21. The summed E-state index contributed by atoms with van der Waals surface area (Å²) in [4.78, 5) is 0. The molecule has 2 nitrogen and oxygen atoms in total. The van der Waals surface area contributed by atoms with Gasteiger partial charge in [-0.25, -0.2) is 0 Å². The Hall–Kier alpha value is -1.64. The minimum atomic E-state index is -0.891. The maximum absolute atomic E-state index is 10.1. The van der Waals surface area contributed by atoms with E-state index in [2.05, 4.69) is 0 Å². The Morgan fingerprint density at radius 3 is 2.00 bits per heavy atom. The molecule has 88 valence electrons. The number of aryl methyl sites for hydroxylation is 1. The van der Waals surface area contributed by atoms with Gasteiger partial charge in [-0.1, -0.05) is 60.2 Å². The van der Waals surface area contributed by atoms with Crippen LogP contribution >= 0.6 is 0 Å². The van der Waals surface area contributed by atoms with Crippen LogP contribution in [0.15, 0.2) is 54.6 Å². The highest BCUT2D eigenvalue weighted by Gasteiger charge is 2.19. The van der Waals surface area contributed by atoms with Gasteiger partial charge in [-0.05, 0) is 18.1 Å². The van der Waals surface area contributed by atoms with Crippen molar-refractivity contribution in [2.45, 2.75) is 19.1 Å². The Morgan fingerprint density at radius 2 is 1.35 bits per heavy atom. The van der Waals surface area contributed by atoms with Crippen molar-refractivity contribution in [1.82, 2.24) is 0 Å². The first-order valence-electron chi connectivity index (χ1n) is 5.66. The lowest BCUT2D eigenvalue weighted by molar-refractivity contribution is 0.0172. The molecule has 0 heterocycles. The maximum Gasteiger partial charge on any atom is 0.109 e. The molecule has 0 fully saturated rings. The Morgan fingerprint density at radius 1 is 0.765 bits per heavy atom. The molecule has 2 heteroatoms. The van der Waals surface area contributed by atoms with Gasteiger partial charge < -0.3 is 10.2 Å². The van der Waals surface area contributed by atoms with Gasteiger partial charge in [0.05, 0.1) is 0 Å². The van der Waals surface area contributed by atoms with Gasteiger partial charge in [-0.15, -0.1) is 0 Å². The minimum absolute atomic E-state index is 0.724. The van der Waals surface area contributed by atoms with Crippen LogP contribution in [0.25, 0.3) is 0 Å². The number of aliphatic hydroxyl groups excluding tert-OH is 2. The third-order valence-corrected chi connectivity index (χ3v) is 2.82. The SMILES string of the molecule is Cc1cccc(C(O)C(O)c2ccccc2)c1. The van der Waals surface area contributed by atoms with Crippen molar-refractivity contribution < 1.29 is 10.2 Å². The Bertz CT molecular complexity index is 479. The molecule has 2 rings (SSSR count). The van der Waals surface area contributed by atoms with E-state index >= 15 is 0 Å². The smallest absolute Gasteiger partial charge is 0.109 e. The molecule has 0 saturated carbocycles. The van der Waals surface area contributed by atoms with E-state index in [9.17, 15) is 10.2 Å². The molecule has 0 spiro atoms. The Labute approximate surface area is 101 Å². The van der Waals surface area contributed by atoms with Crippen molar-refractivity contribution >= 4 is 0 Å². The molecule has 17 heavy (non-hydrogen) atoms. The van der Waals surface area contributed by atoms with E-state index < -0.39 is 12.2 Å². The highest BCUT2D eigenvalue weighted by atomic mass is 16.3. The van der Waals surface area contributed by atoms with E-state index in [1.165, 1.54) is 0 Å². The van der Waals surface area contributed by atoms with E-state index in [-0.39, 0.29) is 0 Å². The topological polar surface area (TPSA) is 40.5 Å². The first-order valence-corrected chi connectivity index (χ1v) is 5.66. The predicted octanol–water partition coefficient (Wildman–Crippen LogP) is 2.76. The average molecular weight is 228 g/mol. The average Bonchev–Trinajstić information content (AvgIpc) is 2.38. The number of hydrogen-bond donors (Lipinski definition) is 2. The molecule has 0 aliphatic heterocycles. The molecule has 0 bridgehead atoms. The van der Waals surface area contributed by atoms with Crippen molar-refractivity contribution in [3.05, 3.63) is 71.3 Å². The summed E-state index contributed by atoms with van der Waals surface area (Å²) in [5, 5.41) is 20.2. The summed E-state index contributed by atoms with van der Waals surface area (Å²) in [5.74, 6) is 0. The highest BCUT2D eigenvalue weighted by molar-refractivity contribution is 5.27. The van der Waals surface area contributed by atoms with Gasteiger partial charge in [-0.2, -0.15) is 0 Å². The maximum atomic E-state index is 10.1. The second-order valence-electron chi connectivity index (χ2n) is 4.21. The summed E-state index contributed by atoms with van der Waals surface area (Å²) in [6, 6.07) is 16.8. The predicted molar refractivity (Wildman–Crippen MR) is 67.5 cm³/mol. The highest BCUT2D eigenvalue weighted by Crippen LogP contribution is 2.28. The van der Waals surface area contributed by atoms with E-state index in [1.54, 1.807) is 0 Å². The van der Waals surface area contributed by atoms with Crippen LogP contribution in [-0.2, 0) is 0 Å². The molecule has 0 aromatic heterocycles. The standard InChI is InChI=1S/C15H16O2/c1-11-6-5-9-13(10-11)15(17)14(16)12-7-3-2-4-8-12/h2-10,14-17H,1H3. The lowest BCUT2D eigenvalue weighted by Crippen LogP contribution is -2.10. The molecule has 2 aromatic rings. The lowest BCUT2D eigenvalue weighted by Gasteiger charge is -2.18. The molecule has 0 saturated heterocycles. The zero-order chi connectivity index (χ0) is 12.3. The van der Waals surface area contributed by atoms with Crippen LogP contribution in [0.3, 0.4) is 0 Å². The van der Waals surface area contributed by atoms with Crippen molar-refractivity contribution in [1.29, 1.82) is 0 Å². The summed E-state index contributed by atoms with van der Waals surface area (Å²) in [5.41, 5.74) is 2.53. The van der Waals surface area contributed by atoms with Crippen molar-refractivity contribution in [3.8, 4) is 0 Å². The molecule has 0 radical (unpaired) electrons. The molecule has 2 atom stereocenters. The zero-order valence-corrected chi connectivity index (χ0v) is 9.75. The zero-order valence-electron chi connectivity index (χ0n) is 9.75. The van der Waals surface area contributed by atoms with Gasteiger partial charge in [0.1, 0.15) is 12.2 Å². The molecular formula is C15H16O2. The van der Waals surface area contributed by atoms with E-state index in [1.807, 2.05) is 61.5 Å². The van der Waals surface area contributed by atoms with Crippen LogP contribution < -0.4 is 0 Å². The quantitative estimate of drug-likeness (QED) is 0.848. The van der Waals surface area contributed by atoms with Gasteiger partial charge in [0.25, 0.3) is 0 Å². The minimum Gasteiger partial charge on any atom is -0.385 e. The summed E-state index contributed by atoms with van der Waals surface area (Å²) >= 11 is 0. The fourth-order valence-corrected chi connectivity index (χ4v) is 1.87. The van der Waals surface area contributed by atoms with Crippen molar-refractivity contribution in [2.24, 2.45) is 0 Å². The first kappa shape index (κ1) is 11.8. The van der Waals surface area contributed by atoms with Gasteiger partial charge in [0.15, 0.2) is 0 Å². The Balaban J connectivity index is 2.23. The Kier molecular flexibility index (Phi) is 3.57. The van der Waals surface area contributed by atoms with Gasteiger partial charge in [0.2, 0.25) is 0 Å². The summed E-state index contributed by atoms with van der Waals surface area (Å²) in [6.07, 6.45) is -1.78.